The van der Waals surface area contributed by atoms with E-state index in [1.807, 2.05) is 0 Å². The summed E-state index contributed by atoms with van der Waals surface area (Å²) in [5.41, 5.74) is 6.80. The average molecular weight is 578 g/mol. The van der Waals surface area contributed by atoms with Crippen molar-refractivity contribution in [1.29, 1.82) is 0 Å². The molecule has 0 fully saturated rings. The highest BCUT2D eigenvalue weighted by Gasteiger charge is 2.31. The molecular formula is C25H31N5O11. The zero-order valence-corrected chi connectivity index (χ0v) is 21.7. The predicted octanol–water partition coefficient (Wildman–Crippen LogP) is -1.22. The van der Waals surface area contributed by atoms with Crippen LogP contribution in [0.4, 0.5) is 0 Å². The number of benzene rings is 1. The number of carbonyl (C=O) groups excluding carboxylic acids is 3. The lowest BCUT2D eigenvalue weighted by molar-refractivity contribution is -0.143. The van der Waals surface area contributed by atoms with Crippen LogP contribution in [0, 0.1) is 0 Å². The number of para-hydroxylation sites is 1. The molecule has 41 heavy (non-hydrogen) atoms. The minimum Gasteiger partial charge on any atom is -0.481 e. The second kappa shape index (κ2) is 15.0. The first kappa shape index (κ1) is 32.2. The third kappa shape index (κ3) is 10.2. The van der Waals surface area contributed by atoms with Crippen molar-refractivity contribution in [2.75, 3.05) is 0 Å². The van der Waals surface area contributed by atoms with Crippen LogP contribution in [-0.4, -0.2) is 91.2 Å². The van der Waals surface area contributed by atoms with E-state index in [2.05, 4.69) is 20.9 Å². The predicted molar refractivity (Wildman–Crippen MR) is 139 cm³/mol. The summed E-state index contributed by atoms with van der Waals surface area (Å²) in [6.07, 6.45) is -1.39. The minimum absolute atomic E-state index is 0.176. The molecule has 0 bridgehead atoms. The number of fused-ring (bicyclic) bond motifs is 1. The summed E-state index contributed by atoms with van der Waals surface area (Å²) in [4.78, 5) is 86.4. The largest absolute Gasteiger partial charge is 0.481 e. The number of aromatic nitrogens is 1. The second-order valence-corrected chi connectivity index (χ2v) is 9.15. The van der Waals surface area contributed by atoms with E-state index in [-0.39, 0.29) is 6.42 Å². The van der Waals surface area contributed by atoms with Gasteiger partial charge in [-0.2, -0.15) is 0 Å². The van der Waals surface area contributed by atoms with Gasteiger partial charge < -0.3 is 47.1 Å². The summed E-state index contributed by atoms with van der Waals surface area (Å²) < 4.78 is 0. The van der Waals surface area contributed by atoms with E-state index in [0.29, 0.717) is 16.5 Å². The van der Waals surface area contributed by atoms with Gasteiger partial charge in [0.25, 0.3) is 0 Å². The highest BCUT2D eigenvalue weighted by molar-refractivity contribution is 5.95. The topological polar surface area (TPSA) is 278 Å². The standard InChI is InChI=1S/C25H31N5O11/c26-14(10-21(35)36)22(37)28-16(5-7-19(31)32)23(38)30-18(9-12-11-27-15-4-2-1-3-13(12)15)24(39)29-17(25(40)41)6-8-20(33)34/h1-4,11,14,16-18,27H,5-10,26H2,(H,28,37)(H,29,39)(H,30,38)(H,31,32)(H,33,34)(H,35,36)(H,40,41). The highest BCUT2D eigenvalue weighted by atomic mass is 16.4. The van der Waals surface area contributed by atoms with Crippen LogP contribution >= 0.6 is 0 Å². The Labute approximate surface area is 232 Å². The summed E-state index contributed by atoms with van der Waals surface area (Å²) in [7, 11) is 0. The number of nitrogens with two attached hydrogens (primary N) is 1. The highest BCUT2D eigenvalue weighted by Crippen LogP contribution is 2.19. The number of carboxylic acids is 4. The quantitative estimate of drug-likeness (QED) is 0.107. The van der Waals surface area contributed by atoms with Gasteiger partial charge in [-0.1, -0.05) is 18.2 Å². The van der Waals surface area contributed by atoms with E-state index in [9.17, 15) is 38.7 Å². The Hall–Kier alpha value is -4.99. The van der Waals surface area contributed by atoms with Gasteiger partial charge in [0.2, 0.25) is 17.7 Å². The molecular weight excluding hydrogens is 546 g/mol. The maximum atomic E-state index is 13.2. The molecule has 3 amide bonds. The zero-order chi connectivity index (χ0) is 30.7. The Morgan fingerprint density at radius 3 is 1.85 bits per heavy atom. The molecule has 1 heterocycles. The number of rotatable bonds is 17. The fraction of sp³-hybridized carbons (Fsp3) is 0.400. The number of carboxylic acid groups (broad SMARTS) is 4. The molecule has 0 radical (unpaired) electrons. The molecule has 0 aliphatic rings. The molecule has 0 aliphatic carbocycles. The maximum Gasteiger partial charge on any atom is 0.326 e. The number of amides is 3. The first-order valence-electron chi connectivity index (χ1n) is 12.4. The van der Waals surface area contributed by atoms with Crippen LogP contribution in [0.5, 0.6) is 0 Å². The number of hydrogen-bond acceptors (Lipinski definition) is 8. The smallest absolute Gasteiger partial charge is 0.326 e. The van der Waals surface area contributed by atoms with E-state index >= 15 is 0 Å². The molecule has 2 rings (SSSR count). The van der Waals surface area contributed by atoms with Gasteiger partial charge in [0.05, 0.1) is 12.5 Å². The van der Waals surface area contributed by atoms with E-state index in [1.165, 1.54) is 0 Å². The van der Waals surface area contributed by atoms with E-state index in [4.69, 9.17) is 21.1 Å². The van der Waals surface area contributed by atoms with Gasteiger partial charge in [-0.05, 0) is 24.5 Å². The van der Waals surface area contributed by atoms with Gasteiger partial charge in [-0.3, -0.25) is 28.8 Å². The van der Waals surface area contributed by atoms with Gasteiger partial charge in [-0.25, -0.2) is 4.79 Å². The SMILES string of the molecule is NC(CC(=O)O)C(=O)NC(CCC(=O)O)C(=O)NC(Cc1c[nH]c2ccccc12)C(=O)NC(CCC(=O)O)C(=O)O. The lowest BCUT2D eigenvalue weighted by Gasteiger charge is -2.25. The first-order chi connectivity index (χ1) is 19.3. The van der Waals surface area contributed by atoms with Crippen LogP contribution in [0.2, 0.25) is 0 Å². The molecule has 10 N–H and O–H groups in total. The summed E-state index contributed by atoms with van der Waals surface area (Å²) in [6, 6.07) is 0.850. The van der Waals surface area contributed by atoms with Gasteiger partial charge in [-0.15, -0.1) is 0 Å². The monoisotopic (exact) mass is 577 g/mol. The summed E-state index contributed by atoms with van der Waals surface area (Å²) in [6.45, 7) is 0. The summed E-state index contributed by atoms with van der Waals surface area (Å²) >= 11 is 0. The summed E-state index contributed by atoms with van der Waals surface area (Å²) in [5.74, 6) is -8.52. The number of hydrogen-bond donors (Lipinski definition) is 9. The Kier molecular flexibility index (Phi) is 11.8. The molecule has 0 aliphatic heterocycles. The molecule has 222 valence electrons. The fourth-order valence-corrected chi connectivity index (χ4v) is 3.90. The zero-order valence-electron chi connectivity index (χ0n) is 21.7. The van der Waals surface area contributed by atoms with Gasteiger partial charge in [0.15, 0.2) is 0 Å². The molecule has 1 aromatic carbocycles. The van der Waals surface area contributed by atoms with Gasteiger partial charge in [0, 0.05) is 36.4 Å². The van der Waals surface area contributed by atoms with Crippen molar-refractivity contribution in [3.05, 3.63) is 36.0 Å². The number of nitrogens with one attached hydrogen (secondary N) is 4. The van der Waals surface area contributed by atoms with Crippen LogP contribution < -0.4 is 21.7 Å². The molecule has 0 saturated heterocycles. The van der Waals surface area contributed by atoms with Crippen LogP contribution in [0.3, 0.4) is 0 Å². The van der Waals surface area contributed by atoms with Gasteiger partial charge >= 0.3 is 23.9 Å². The van der Waals surface area contributed by atoms with Crippen molar-refractivity contribution in [2.24, 2.45) is 5.73 Å². The second-order valence-electron chi connectivity index (χ2n) is 9.15. The Morgan fingerprint density at radius 2 is 1.27 bits per heavy atom. The molecule has 16 nitrogen and oxygen atoms in total. The Morgan fingerprint density at radius 1 is 0.732 bits per heavy atom. The Bertz CT molecular complexity index is 1310. The molecule has 16 heteroatoms. The lowest BCUT2D eigenvalue weighted by Crippen LogP contribution is -2.57. The third-order valence-corrected chi connectivity index (χ3v) is 6.00. The lowest BCUT2D eigenvalue weighted by atomic mass is 10.0. The average Bonchev–Trinajstić information content (AvgIpc) is 3.30. The molecule has 4 unspecified atom stereocenters. The number of carbonyl (C=O) groups is 7. The van der Waals surface area contributed by atoms with Crippen molar-refractivity contribution < 1.29 is 54.0 Å². The molecule has 4 atom stereocenters. The number of aromatic amines is 1. The number of aliphatic carboxylic acids is 4. The van der Waals surface area contributed by atoms with Crippen LogP contribution in [0.1, 0.15) is 37.7 Å². The third-order valence-electron chi connectivity index (χ3n) is 6.00. The molecule has 0 spiro atoms. The van der Waals surface area contributed by atoms with Crippen LogP contribution in [0.15, 0.2) is 30.5 Å². The van der Waals surface area contributed by atoms with E-state index < -0.39 is 97.9 Å². The fourth-order valence-electron chi connectivity index (χ4n) is 3.90. The van der Waals surface area contributed by atoms with E-state index in [1.54, 1.807) is 30.5 Å². The first-order valence-corrected chi connectivity index (χ1v) is 12.4. The molecule has 1 aromatic heterocycles. The summed E-state index contributed by atoms with van der Waals surface area (Å²) in [5, 5.41) is 43.8. The van der Waals surface area contributed by atoms with Crippen molar-refractivity contribution in [1.82, 2.24) is 20.9 Å². The van der Waals surface area contributed by atoms with Crippen molar-refractivity contribution in [2.45, 2.75) is 62.7 Å². The maximum absolute atomic E-state index is 13.2. The van der Waals surface area contributed by atoms with Crippen molar-refractivity contribution >= 4 is 52.5 Å². The Balaban J connectivity index is 2.34. The minimum atomic E-state index is -1.60. The molecule has 0 saturated carbocycles. The normalized spacial score (nSPS) is 13.8. The van der Waals surface area contributed by atoms with Crippen LogP contribution in [0.25, 0.3) is 10.9 Å². The molecule has 2 aromatic rings. The number of H-pyrrole nitrogens is 1. The van der Waals surface area contributed by atoms with Gasteiger partial charge in [0.1, 0.15) is 18.1 Å². The van der Waals surface area contributed by atoms with Crippen molar-refractivity contribution in [3.8, 4) is 0 Å². The van der Waals surface area contributed by atoms with Crippen molar-refractivity contribution in [3.63, 3.8) is 0 Å². The van der Waals surface area contributed by atoms with Crippen LogP contribution in [-0.2, 0) is 40.0 Å². The van der Waals surface area contributed by atoms with E-state index in [0.717, 1.165) is 0 Å².